The zero-order valence-electron chi connectivity index (χ0n) is 17.2. The lowest BCUT2D eigenvalue weighted by atomic mass is 9.75. The molecule has 3 aromatic rings. The molecule has 0 radical (unpaired) electrons. The number of rotatable bonds is 5. The van der Waals surface area contributed by atoms with Crippen molar-refractivity contribution < 1.29 is 9.90 Å². The number of nitrogen functional groups attached to an aromatic ring is 1. The molecule has 0 aliphatic carbocycles. The van der Waals surface area contributed by atoms with Crippen LogP contribution in [0.4, 0.5) is 11.4 Å². The molecule has 0 saturated carbocycles. The van der Waals surface area contributed by atoms with Crippen molar-refractivity contribution >= 4 is 17.3 Å². The van der Waals surface area contributed by atoms with E-state index in [1.165, 1.54) is 0 Å². The summed E-state index contributed by atoms with van der Waals surface area (Å²) in [6, 6.07) is 14.7. The molecule has 0 spiro atoms. The molecule has 1 aromatic heterocycles. The van der Waals surface area contributed by atoms with E-state index < -0.39 is 0 Å². The van der Waals surface area contributed by atoms with Crippen LogP contribution in [-0.4, -0.2) is 50.0 Å². The van der Waals surface area contributed by atoms with Crippen LogP contribution in [0.1, 0.15) is 12.8 Å². The summed E-state index contributed by atoms with van der Waals surface area (Å²) in [6.07, 6.45) is 3.95. The van der Waals surface area contributed by atoms with Gasteiger partial charge in [-0.15, -0.1) is 5.10 Å². The molecule has 4 N–H and O–H groups in total. The second kappa shape index (κ2) is 8.03. The summed E-state index contributed by atoms with van der Waals surface area (Å²) in [5.74, 6) is 0.496. The van der Waals surface area contributed by atoms with Crippen molar-refractivity contribution in [2.75, 3.05) is 24.1 Å². The number of nitrogens with one attached hydrogen (secondary N) is 1. The van der Waals surface area contributed by atoms with E-state index in [9.17, 15) is 9.90 Å². The Kier molecular flexibility index (Phi) is 5.07. The van der Waals surface area contributed by atoms with Crippen molar-refractivity contribution in [1.82, 2.24) is 19.9 Å². The number of nitrogens with zero attached hydrogens (tertiary/aromatic N) is 4. The Labute approximate surface area is 180 Å². The van der Waals surface area contributed by atoms with Gasteiger partial charge in [0, 0.05) is 35.6 Å². The Morgan fingerprint density at radius 1 is 1.23 bits per heavy atom. The number of phenols is 1. The summed E-state index contributed by atoms with van der Waals surface area (Å²) in [7, 11) is 0. The Morgan fingerprint density at radius 2 is 2.10 bits per heavy atom. The van der Waals surface area contributed by atoms with E-state index >= 15 is 0 Å². The van der Waals surface area contributed by atoms with Crippen LogP contribution in [0, 0.1) is 11.8 Å². The second-order valence-electron chi connectivity index (χ2n) is 8.53. The maximum absolute atomic E-state index is 12.9. The minimum atomic E-state index is -0.0362. The molecule has 160 valence electrons. The average Bonchev–Trinajstić information content (AvgIpc) is 3.23. The topological polar surface area (TPSA) is 109 Å². The molecule has 2 unspecified atom stereocenters. The van der Waals surface area contributed by atoms with E-state index in [2.05, 4.69) is 20.5 Å². The number of hydrogen-bond donors (Lipinski definition) is 3. The smallest absolute Gasteiger partial charge is 0.229 e. The van der Waals surface area contributed by atoms with Gasteiger partial charge in [0.05, 0.1) is 18.7 Å². The van der Waals surface area contributed by atoms with Gasteiger partial charge >= 0.3 is 0 Å². The number of phenolic OH excluding ortho intramolecular Hbond substituents is 1. The number of benzene rings is 2. The van der Waals surface area contributed by atoms with E-state index in [0.717, 1.165) is 43.7 Å². The van der Waals surface area contributed by atoms with E-state index in [1.807, 2.05) is 35.1 Å². The van der Waals surface area contributed by atoms with E-state index in [0.29, 0.717) is 23.3 Å². The molecule has 3 aliphatic heterocycles. The quantitative estimate of drug-likeness (QED) is 0.550. The lowest BCUT2D eigenvalue weighted by Crippen LogP contribution is -2.57. The molecule has 3 fully saturated rings. The first-order valence-electron chi connectivity index (χ1n) is 10.6. The number of fused-ring (bicyclic) bond motifs is 3. The van der Waals surface area contributed by atoms with Crippen molar-refractivity contribution in [3.8, 4) is 17.0 Å². The summed E-state index contributed by atoms with van der Waals surface area (Å²) in [5.41, 5.74) is 8.99. The summed E-state index contributed by atoms with van der Waals surface area (Å²) >= 11 is 0. The fraction of sp³-hybridized carbons (Fsp3) is 0.348. The van der Waals surface area contributed by atoms with Crippen molar-refractivity contribution in [3.05, 3.63) is 54.7 Å². The molecule has 6 rings (SSSR count). The highest BCUT2D eigenvalue weighted by Gasteiger charge is 2.43. The molecular formula is C23H26N6O2. The summed E-state index contributed by atoms with van der Waals surface area (Å²) in [5, 5.41) is 21.2. The fourth-order valence-corrected chi connectivity index (χ4v) is 4.88. The number of piperidine rings is 3. The van der Waals surface area contributed by atoms with Crippen LogP contribution in [0.3, 0.4) is 0 Å². The third-order valence-electron chi connectivity index (χ3n) is 6.45. The molecule has 2 aromatic carbocycles. The van der Waals surface area contributed by atoms with Gasteiger partial charge in [-0.05, 0) is 49.6 Å². The SMILES string of the molecule is Nc1cccc(-c2cn(C[C@H]3CC4CCN3C[C@@H]4C(=O)Nc3cccc(O)c3)nn2)c1. The summed E-state index contributed by atoms with van der Waals surface area (Å²) in [6.45, 7) is 2.51. The second-order valence-corrected chi connectivity index (χ2v) is 8.53. The van der Waals surface area contributed by atoms with Gasteiger partial charge in [-0.3, -0.25) is 14.4 Å². The molecule has 8 heteroatoms. The number of amides is 1. The van der Waals surface area contributed by atoms with Gasteiger partial charge < -0.3 is 16.2 Å². The number of aromatic nitrogens is 3. The van der Waals surface area contributed by atoms with Crippen molar-refractivity contribution in [2.24, 2.45) is 11.8 Å². The van der Waals surface area contributed by atoms with Crippen LogP contribution in [0.25, 0.3) is 11.3 Å². The number of carbonyl (C=O) groups is 1. The number of nitrogens with two attached hydrogens (primary N) is 1. The molecule has 31 heavy (non-hydrogen) atoms. The minimum absolute atomic E-state index is 0.0310. The summed E-state index contributed by atoms with van der Waals surface area (Å²) < 4.78 is 1.89. The molecule has 4 atom stereocenters. The van der Waals surface area contributed by atoms with Crippen LogP contribution in [0.5, 0.6) is 5.75 Å². The molecule has 3 saturated heterocycles. The first kappa shape index (κ1) is 19.6. The average molecular weight is 419 g/mol. The Bertz CT molecular complexity index is 1100. The first-order chi connectivity index (χ1) is 15.0. The fourth-order valence-electron chi connectivity index (χ4n) is 4.88. The predicted octanol–water partition coefficient (Wildman–Crippen LogP) is 2.58. The molecule has 2 bridgehead atoms. The zero-order valence-corrected chi connectivity index (χ0v) is 17.2. The lowest BCUT2D eigenvalue weighted by molar-refractivity contribution is -0.127. The lowest BCUT2D eigenvalue weighted by Gasteiger charge is -2.49. The Balaban J connectivity index is 1.23. The number of hydrogen-bond acceptors (Lipinski definition) is 6. The molecular weight excluding hydrogens is 392 g/mol. The van der Waals surface area contributed by atoms with Gasteiger partial charge in [0.15, 0.2) is 0 Å². The normalized spacial score (nSPS) is 24.8. The van der Waals surface area contributed by atoms with Crippen molar-refractivity contribution in [1.29, 1.82) is 0 Å². The molecule has 3 aliphatic rings. The van der Waals surface area contributed by atoms with Gasteiger partial charge in [-0.1, -0.05) is 23.4 Å². The standard InChI is InChI=1S/C23H26N6O2/c24-17-4-1-3-16(9-17)22-14-29(27-26-22)12-19-10-15-7-8-28(19)13-21(15)23(31)25-18-5-2-6-20(30)11-18/h1-6,9,11,14-15,19,21,30H,7-8,10,12-13,24H2,(H,25,31)/t15?,19-,21+/m1/s1. The van der Waals surface area contributed by atoms with E-state index in [4.69, 9.17) is 5.73 Å². The largest absolute Gasteiger partial charge is 0.508 e. The number of anilines is 2. The van der Waals surface area contributed by atoms with Crippen LogP contribution in [-0.2, 0) is 11.3 Å². The first-order valence-corrected chi connectivity index (χ1v) is 10.6. The molecule has 8 nitrogen and oxygen atoms in total. The van der Waals surface area contributed by atoms with Crippen LogP contribution in [0.2, 0.25) is 0 Å². The van der Waals surface area contributed by atoms with Gasteiger partial charge in [0.25, 0.3) is 0 Å². The van der Waals surface area contributed by atoms with E-state index in [1.54, 1.807) is 24.3 Å². The summed E-state index contributed by atoms with van der Waals surface area (Å²) in [4.78, 5) is 15.3. The number of aromatic hydroxyl groups is 1. The van der Waals surface area contributed by atoms with Crippen LogP contribution >= 0.6 is 0 Å². The predicted molar refractivity (Wildman–Crippen MR) is 118 cm³/mol. The molecule has 1 amide bonds. The van der Waals surface area contributed by atoms with Gasteiger partial charge in [0.1, 0.15) is 11.4 Å². The maximum Gasteiger partial charge on any atom is 0.229 e. The minimum Gasteiger partial charge on any atom is -0.508 e. The van der Waals surface area contributed by atoms with Gasteiger partial charge in [-0.25, -0.2) is 0 Å². The Hall–Kier alpha value is -3.39. The van der Waals surface area contributed by atoms with Crippen molar-refractivity contribution in [2.45, 2.75) is 25.4 Å². The highest BCUT2D eigenvalue weighted by atomic mass is 16.3. The molecule has 4 heterocycles. The van der Waals surface area contributed by atoms with Crippen LogP contribution < -0.4 is 11.1 Å². The van der Waals surface area contributed by atoms with Crippen molar-refractivity contribution in [3.63, 3.8) is 0 Å². The third-order valence-corrected chi connectivity index (χ3v) is 6.45. The number of carbonyl (C=O) groups excluding carboxylic acids is 1. The monoisotopic (exact) mass is 418 g/mol. The van der Waals surface area contributed by atoms with E-state index in [-0.39, 0.29) is 17.6 Å². The van der Waals surface area contributed by atoms with Crippen LogP contribution in [0.15, 0.2) is 54.7 Å². The highest BCUT2D eigenvalue weighted by Crippen LogP contribution is 2.37. The van der Waals surface area contributed by atoms with Gasteiger partial charge in [-0.2, -0.15) is 0 Å². The maximum atomic E-state index is 12.9. The third kappa shape index (κ3) is 4.11. The Morgan fingerprint density at radius 3 is 2.87 bits per heavy atom. The van der Waals surface area contributed by atoms with Gasteiger partial charge in [0.2, 0.25) is 5.91 Å². The zero-order chi connectivity index (χ0) is 21.4. The highest BCUT2D eigenvalue weighted by molar-refractivity contribution is 5.93.